The molecule has 2 aliphatic heterocycles. The Morgan fingerprint density at radius 3 is 2.48 bits per heavy atom. The summed E-state index contributed by atoms with van der Waals surface area (Å²) in [4.78, 5) is 30.3. The van der Waals surface area contributed by atoms with Crippen molar-refractivity contribution in [1.82, 2.24) is 4.90 Å². The fraction of sp³-hybridized carbons (Fsp3) is 0.167. The molecule has 5 nitrogen and oxygen atoms in total. The maximum absolute atomic E-state index is 13.8. The maximum atomic E-state index is 13.8. The molecule has 156 valence electrons. The molecule has 2 atom stereocenters. The van der Waals surface area contributed by atoms with Crippen molar-refractivity contribution in [3.05, 3.63) is 94.0 Å². The molecule has 0 radical (unpaired) electrons. The molecular weight excluding hydrogens is 435 g/mol. The molecule has 3 aromatic rings. The number of amides is 3. The van der Waals surface area contributed by atoms with Crippen LogP contribution >= 0.6 is 23.2 Å². The normalized spacial score (nSPS) is 22.0. The molecule has 3 aromatic carbocycles. The molecule has 0 aromatic heterocycles. The molecule has 3 amide bonds. The number of benzene rings is 3. The summed E-state index contributed by atoms with van der Waals surface area (Å²) >= 11 is 12.6. The van der Waals surface area contributed by atoms with Crippen LogP contribution in [0.2, 0.25) is 10.0 Å². The summed E-state index contributed by atoms with van der Waals surface area (Å²) in [6, 6.07) is 20.2. The van der Waals surface area contributed by atoms with E-state index in [1.165, 1.54) is 9.80 Å². The average molecular weight is 453 g/mol. The Labute approximate surface area is 189 Å². The van der Waals surface area contributed by atoms with Gasteiger partial charge in [0.25, 0.3) is 5.91 Å². The van der Waals surface area contributed by atoms with E-state index in [-0.39, 0.29) is 5.56 Å². The Bertz CT molecular complexity index is 1200. The van der Waals surface area contributed by atoms with Gasteiger partial charge in [0.15, 0.2) is 5.72 Å². The number of nitrogens with zero attached hydrogens (tertiary/aromatic N) is 2. The van der Waals surface area contributed by atoms with Crippen molar-refractivity contribution in [3.63, 3.8) is 0 Å². The van der Waals surface area contributed by atoms with Crippen molar-refractivity contribution in [2.24, 2.45) is 0 Å². The molecule has 0 spiro atoms. The van der Waals surface area contributed by atoms with Gasteiger partial charge in [-0.15, -0.1) is 0 Å². The number of para-hydroxylation sites is 1. The summed E-state index contributed by atoms with van der Waals surface area (Å²) in [5.74, 6) is 0.130. The van der Waals surface area contributed by atoms with Crippen LogP contribution in [0.4, 0.5) is 10.5 Å². The van der Waals surface area contributed by atoms with E-state index < -0.39 is 23.7 Å². The number of ether oxygens (including phenoxy) is 1. The van der Waals surface area contributed by atoms with E-state index in [0.717, 1.165) is 0 Å². The number of carbonyl (C=O) groups excluding carboxylic acids is 2. The number of urea groups is 1. The molecule has 1 fully saturated rings. The van der Waals surface area contributed by atoms with Crippen LogP contribution in [0.15, 0.2) is 72.8 Å². The number of imide groups is 1. The lowest BCUT2D eigenvalue weighted by molar-refractivity contribution is 0.00269. The molecule has 0 saturated carbocycles. The van der Waals surface area contributed by atoms with Gasteiger partial charge < -0.3 is 4.74 Å². The zero-order chi connectivity index (χ0) is 21.8. The van der Waals surface area contributed by atoms with E-state index in [0.29, 0.717) is 33.5 Å². The number of fused-ring (bicyclic) bond motifs is 4. The highest BCUT2D eigenvalue weighted by Gasteiger charge is 2.55. The van der Waals surface area contributed by atoms with Gasteiger partial charge in [0.2, 0.25) is 0 Å². The van der Waals surface area contributed by atoms with Crippen LogP contribution < -0.4 is 9.64 Å². The van der Waals surface area contributed by atoms with Crippen LogP contribution in [-0.4, -0.2) is 22.6 Å². The predicted octanol–water partition coefficient (Wildman–Crippen LogP) is 6.32. The van der Waals surface area contributed by atoms with Crippen LogP contribution in [-0.2, 0) is 0 Å². The second-order valence-corrected chi connectivity index (χ2v) is 8.63. The SMILES string of the molecule is CC12CC(c3cc(Cl)ccc3O1)N(C(=O)c1ccccc1Cl)C(=O)N2c1ccccc1. The van der Waals surface area contributed by atoms with E-state index in [4.69, 9.17) is 27.9 Å². The molecule has 31 heavy (non-hydrogen) atoms. The van der Waals surface area contributed by atoms with Gasteiger partial charge in [0.05, 0.1) is 16.6 Å². The minimum absolute atomic E-state index is 0.268. The third kappa shape index (κ3) is 3.16. The molecule has 0 N–H and O–H groups in total. The van der Waals surface area contributed by atoms with Crippen molar-refractivity contribution in [1.29, 1.82) is 0 Å². The third-order valence-electron chi connectivity index (χ3n) is 5.75. The highest BCUT2D eigenvalue weighted by atomic mass is 35.5. The van der Waals surface area contributed by atoms with Gasteiger partial charge in [0.1, 0.15) is 5.75 Å². The maximum Gasteiger partial charge on any atom is 0.335 e. The number of halogens is 2. The summed E-state index contributed by atoms with van der Waals surface area (Å²) in [5, 5.41) is 0.798. The lowest BCUT2D eigenvalue weighted by Crippen LogP contribution is -2.67. The van der Waals surface area contributed by atoms with Gasteiger partial charge in [-0.2, -0.15) is 0 Å². The number of hydrogen-bond acceptors (Lipinski definition) is 3. The summed E-state index contributed by atoms with van der Waals surface area (Å²) in [5.41, 5.74) is 0.639. The first-order valence-electron chi connectivity index (χ1n) is 9.85. The van der Waals surface area contributed by atoms with Crippen molar-refractivity contribution in [2.75, 3.05) is 4.90 Å². The van der Waals surface area contributed by atoms with Crippen molar-refractivity contribution >= 4 is 40.8 Å². The van der Waals surface area contributed by atoms with Crippen LogP contribution in [0.1, 0.15) is 35.3 Å². The zero-order valence-electron chi connectivity index (χ0n) is 16.6. The van der Waals surface area contributed by atoms with Crippen LogP contribution in [0.3, 0.4) is 0 Å². The molecular formula is C24H18Cl2N2O3. The van der Waals surface area contributed by atoms with E-state index in [1.54, 1.807) is 42.5 Å². The Morgan fingerprint density at radius 1 is 1.03 bits per heavy atom. The Hall–Kier alpha value is -3.02. The number of hydrogen-bond donors (Lipinski definition) is 0. The average Bonchev–Trinajstić information content (AvgIpc) is 2.75. The standard InChI is InChI=1S/C24H18Cl2N2O3/c1-24-14-20(18-13-15(25)11-12-21(18)31-24)27(22(29)17-9-5-6-10-19(17)26)23(30)28(24)16-7-3-2-4-8-16/h2-13,20H,14H2,1H3. The highest BCUT2D eigenvalue weighted by Crippen LogP contribution is 2.50. The number of rotatable bonds is 2. The van der Waals surface area contributed by atoms with E-state index in [1.807, 2.05) is 37.3 Å². The molecule has 2 unspecified atom stereocenters. The molecule has 2 aliphatic rings. The Balaban J connectivity index is 1.70. The van der Waals surface area contributed by atoms with E-state index in [2.05, 4.69) is 0 Å². The van der Waals surface area contributed by atoms with Crippen LogP contribution in [0.25, 0.3) is 0 Å². The first-order chi connectivity index (χ1) is 14.9. The number of carbonyl (C=O) groups is 2. The van der Waals surface area contributed by atoms with Crippen LogP contribution in [0.5, 0.6) is 5.75 Å². The summed E-state index contributed by atoms with van der Waals surface area (Å²) in [6.45, 7) is 1.86. The number of anilines is 1. The minimum atomic E-state index is -0.971. The van der Waals surface area contributed by atoms with Gasteiger partial charge >= 0.3 is 6.03 Å². The summed E-state index contributed by atoms with van der Waals surface area (Å²) in [7, 11) is 0. The fourth-order valence-electron chi connectivity index (χ4n) is 4.38. The molecule has 0 aliphatic carbocycles. The Morgan fingerprint density at radius 2 is 1.74 bits per heavy atom. The smallest absolute Gasteiger partial charge is 0.335 e. The largest absolute Gasteiger partial charge is 0.467 e. The Kier molecular flexibility index (Phi) is 4.68. The highest BCUT2D eigenvalue weighted by molar-refractivity contribution is 6.34. The van der Waals surface area contributed by atoms with Crippen molar-refractivity contribution in [3.8, 4) is 5.75 Å². The van der Waals surface area contributed by atoms with Gasteiger partial charge in [-0.05, 0) is 49.4 Å². The zero-order valence-corrected chi connectivity index (χ0v) is 18.1. The first-order valence-corrected chi connectivity index (χ1v) is 10.6. The van der Waals surface area contributed by atoms with E-state index in [9.17, 15) is 9.59 Å². The van der Waals surface area contributed by atoms with Gasteiger partial charge in [-0.1, -0.05) is 53.5 Å². The summed E-state index contributed by atoms with van der Waals surface area (Å²) in [6.07, 6.45) is 0.386. The van der Waals surface area contributed by atoms with E-state index >= 15 is 0 Å². The second kappa shape index (κ2) is 7.29. The van der Waals surface area contributed by atoms with Gasteiger partial charge in [-0.25, -0.2) is 4.79 Å². The monoisotopic (exact) mass is 452 g/mol. The van der Waals surface area contributed by atoms with Crippen molar-refractivity contribution < 1.29 is 14.3 Å². The lowest BCUT2D eigenvalue weighted by Gasteiger charge is -2.53. The summed E-state index contributed by atoms with van der Waals surface area (Å²) < 4.78 is 6.32. The molecule has 1 saturated heterocycles. The topological polar surface area (TPSA) is 49.9 Å². The fourth-order valence-corrected chi connectivity index (χ4v) is 4.78. The van der Waals surface area contributed by atoms with Gasteiger partial charge in [0, 0.05) is 22.7 Å². The lowest BCUT2D eigenvalue weighted by atomic mass is 9.88. The first kappa shape index (κ1) is 19.9. The second-order valence-electron chi connectivity index (χ2n) is 7.79. The molecule has 2 bridgehead atoms. The van der Waals surface area contributed by atoms with Gasteiger partial charge in [-0.3, -0.25) is 14.6 Å². The quantitative estimate of drug-likeness (QED) is 0.457. The molecule has 7 heteroatoms. The molecule has 2 heterocycles. The van der Waals surface area contributed by atoms with Crippen molar-refractivity contribution in [2.45, 2.75) is 25.1 Å². The molecule has 5 rings (SSSR count). The third-order valence-corrected chi connectivity index (χ3v) is 6.32. The minimum Gasteiger partial charge on any atom is -0.467 e. The predicted molar refractivity (Wildman–Crippen MR) is 120 cm³/mol. The van der Waals surface area contributed by atoms with Crippen LogP contribution in [0, 0.1) is 0 Å².